The van der Waals surface area contributed by atoms with Gasteiger partial charge in [0.2, 0.25) is 11.8 Å². The van der Waals surface area contributed by atoms with E-state index in [0.29, 0.717) is 18.8 Å². The van der Waals surface area contributed by atoms with E-state index in [9.17, 15) is 9.59 Å². The van der Waals surface area contributed by atoms with Crippen molar-refractivity contribution in [3.63, 3.8) is 0 Å². The first-order chi connectivity index (χ1) is 11.1. The van der Waals surface area contributed by atoms with Crippen LogP contribution in [0.3, 0.4) is 0 Å². The Morgan fingerprint density at radius 1 is 1.39 bits per heavy atom. The number of piperidine rings is 1. The third-order valence-corrected chi connectivity index (χ3v) is 5.83. The molecule has 2 amide bonds. The lowest BCUT2D eigenvalue weighted by Crippen LogP contribution is -2.39. The molecule has 0 bridgehead atoms. The molecule has 0 N–H and O–H groups in total. The summed E-state index contributed by atoms with van der Waals surface area (Å²) in [7, 11) is 0. The molecule has 0 aliphatic carbocycles. The van der Waals surface area contributed by atoms with Crippen LogP contribution in [0.4, 0.5) is 0 Å². The molecule has 0 saturated carbocycles. The second-order valence-electron chi connectivity index (χ2n) is 6.58. The van der Waals surface area contributed by atoms with Crippen LogP contribution in [-0.4, -0.2) is 52.8 Å². The number of carbonyl (C=O) groups is 2. The molecular weight excluding hydrogens is 310 g/mol. The fourth-order valence-corrected chi connectivity index (χ4v) is 4.39. The van der Waals surface area contributed by atoms with Crippen LogP contribution in [0.5, 0.6) is 0 Å². The van der Waals surface area contributed by atoms with E-state index < -0.39 is 0 Å². The average molecular weight is 335 g/mol. The van der Waals surface area contributed by atoms with Crippen molar-refractivity contribution in [2.75, 3.05) is 26.2 Å². The van der Waals surface area contributed by atoms with Crippen LogP contribution in [-0.2, 0) is 9.59 Å². The van der Waals surface area contributed by atoms with Crippen LogP contribution in [0, 0.1) is 6.92 Å². The Morgan fingerprint density at radius 2 is 2.26 bits per heavy atom. The maximum Gasteiger partial charge on any atom is 0.222 e. The minimum absolute atomic E-state index is 0.231. The smallest absolute Gasteiger partial charge is 0.222 e. The van der Waals surface area contributed by atoms with Crippen LogP contribution in [0.2, 0.25) is 0 Å². The van der Waals surface area contributed by atoms with E-state index in [0.717, 1.165) is 51.9 Å². The second kappa shape index (κ2) is 7.43. The lowest BCUT2D eigenvalue weighted by Gasteiger charge is -2.32. The van der Waals surface area contributed by atoms with Crippen molar-refractivity contribution < 1.29 is 9.59 Å². The summed E-state index contributed by atoms with van der Waals surface area (Å²) in [6.45, 7) is 5.33. The van der Waals surface area contributed by atoms with Crippen LogP contribution < -0.4 is 0 Å². The van der Waals surface area contributed by atoms with E-state index in [1.807, 2.05) is 16.0 Å². The molecule has 23 heavy (non-hydrogen) atoms. The summed E-state index contributed by atoms with van der Waals surface area (Å²) in [4.78, 5) is 33.6. The van der Waals surface area contributed by atoms with E-state index >= 15 is 0 Å². The topological polar surface area (TPSA) is 53.5 Å². The van der Waals surface area contributed by atoms with E-state index in [2.05, 4.69) is 11.9 Å². The van der Waals surface area contributed by atoms with Gasteiger partial charge < -0.3 is 9.80 Å². The number of hydrogen-bond donors (Lipinski definition) is 0. The van der Waals surface area contributed by atoms with Crippen LogP contribution in [0.1, 0.15) is 54.3 Å². The Balaban J connectivity index is 1.46. The van der Waals surface area contributed by atoms with E-state index in [4.69, 9.17) is 0 Å². The van der Waals surface area contributed by atoms with Crippen molar-refractivity contribution in [3.8, 4) is 0 Å². The van der Waals surface area contributed by atoms with Crippen molar-refractivity contribution in [1.29, 1.82) is 0 Å². The van der Waals surface area contributed by atoms with Crippen molar-refractivity contribution in [2.24, 2.45) is 0 Å². The van der Waals surface area contributed by atoms with Gasteiger partial charge >= 0.3 is 0 Å². The maximum atomic E-state index is 12.4. The van der Waals surface area contributed by atoms with Gasteiger partial charge in [-0.3, -0.25) is 9.59 Å². The van der Waals surface area contributed by atoms with Gasteiger partial charge in [0.05, 0.1) is 5.01 Å². The first-order valence-corrected chi connectivity index (χ1v) is 9.43. The molecular formula is C17H25N3O2S. The Labute approximate surface area is 141 Å². The van der Waals surface area contributed by atoms with Gasteiger partial charge in [0.1, 0.15) is 0 Å². The predicted octanol–water partition coefficient (Wildman–Crippen LogP) is 2.56. The Morgan fingerprint density at radius 3 is 2.96 bits per heavy atom. The van der Waals surface area contributed by atoms with Gasteiger partial charge in [-0.1, -0.05) is 0 Å². The summed E-state index contributed by atoms with van der Waals surface area (Å²) in [5, 5.41) is 1.17. The largest absolute Gasteiger partial charge is 0.343 e. The maximum absolute atomic E-state index is 12.4. The van der Waals surface area contributed by atoms with Crippen molar-refractivity contribution in [1.82, 2.24) is 14.8 Å². The average Bonchev–Trinajstić information content (AvgIpc) is 3.16. The van der Waals surface area contributed by atoms with E-state index in [1.54, 1.807) is 11.3 Å². The number of thiazole rings is 1. The molecule has 0 radical (unpaired) electrons. The number of aromatic nitrogens is 1. The molecule has 0 aromatic carbocycles. The number of nitrogens with zero attached hydrogens (tertiary/aromatic N) is 3. The summed E-state index contributed by atoms with van der Waals surface area (Å²) in [6, 6.07) is 0. The van der Waals surface area contributed by atoms with Gasteiger partial charge in [0.25, 0.3) is 0 Å². The van der Waals surface area contributed by atoms with Gasteiger partial charge in [0, 0.05) is 56.0 Å². The molecule has 2 saturated heterocycles. The quantitative estimate of drug-likeness (QED) is 0.831. The molecule has 1 aromatic rings. The van der Waals surface area contributed by atoms with Crippen LogP contribution in [0.25, 0.3) is 0 Å². The van der Waals surface area contributed by atoms with E-state index in [1.165, 1.54) is 9.88 Å². The molecule has 2 aliphatic rings. The van der Waals surface area contributed by atoms with Gasteiger partial charge in [-0.25, -0.2) is 4.98 Å². The summed E-state index contributed by atoms with van der Waals surface area (Å²) in [5.41, 5.74) is 0. The third kappa shape index (κ3) is 4.10. The number of likely N-dealkylation sites (tertiary alicyclic amines) is 2. The summed E-state index contributed by atoms with van der Waals surface area (Å²) < 4.78 is 0. The first-order valence-electron chi connectivity index (χ1n) is 8.61. The van der Waals surface area contributed by atoms with Crippen molar-refractivity contribution in [2.45, 2.75) is 51.4 Å². The number of amides is 2. The number of carbonyl (C=O) groups excluding carboxylic acids is 2. The highest BCUT2D eigenvalue weighted by atomic mass is 32.1. The molecule has 5 nitrogen and oxygen atoms in total. The molecule has 1 aromatic heterocycles. The SMILES string of the molecule is Cc1cnc(C2CCCN(C(=O)CCCN3CCCC3=O)C2)s1. The molecule has 3 rings (SSSR count). The zero-order valence-corrected chi connectivity index (χ0v) is 14.6. The Kier molecular flexibility index (Phi) is 5.30. The van der Waals surface area contributed by atoms with Crippen LogP contribution in [0.15, 0.2) is 6.20 Å². The lowest BCUT2D eigenvalue weighted by molar-refractivity contribution is -0.133. The fraction of sp³-hybridized carbons (Fsp3) is 0.706. The lowest BCUT2D eigenvalue weighted by atomic mass is 9.98. The molecule has 126 valence electrons. The standard InChI is InChI=1S/C17H25N3O2S/c1-13-11-18-17(23-13)14-5-2-10-20(12-14)16(22)7-4-9-19-8-3-6-15(19)21/h11,14H,2-10,12H2,1H3. The zero-order chi connectivity index (χ0) is 16.2. The molecule has 2 fully saturated rings. The van der Waals surface area contributed by atoms with E-state index in [-0.39, 0.29) is 11.8 Å². The normalized spacial score (nSPS) is 22.0. The minimum Gasteiger partial charge on any atom is -0.343 e. The molecule has 2 aliphatic heterocycles. The third-order valence-electron chi connectivity index (χ3n) is 4.75. The summed E-state index contributed by atoms with van der Waals surface area (Å²) >= 11 is 1.75. The van der Waals surface area contributed by atoms with Crippen molar-refractivity contribution >= 4 is 23.2 Å². The number of rotatable bonds is 5. The zero-order valence-electron chi connectivity index (χ0n) is 13.8. The van der Waals surface area contributed by atoms with Crippen molar-refractivity contribution in [3.05, 3.63) is 16.1 Å². The van der Waals surface area contributed by atoms with Crippen LogP contribution >= 0.6 is 11.3 Å². The first kappa shape index (κ1) is 16.4. The van der Waals surface area contributed by atoms with Gasteiger partial charge in [-0.15, -0.1) is 11.3 Å². The Bertz CT molecular complexity index is 572. The molecule has 1 atom stereocenters. The summed E-state index contributed by atoms with van der Waals surface area (Å²) in [5.74, 6) is 0.871. The number of aryl methyl sites for hydroxylation is 1. The molecule has 3 heterocycles. The molecule has 6 heteroatoms. The number of hydrogen-bond acceptors (Lipinski definition) is 4. The van der Waals surface area contributed by atoms with Gasteiger partial charge in [-0.05, 0) is 32.6 Å². The molecule has 0 spiro atoms. The predicted molar refractivity (Wildman–Crippen MR) is 90.5 cm³/mol. The van der Waals surface area contributed by atoms with Gasteiger partial charge in [-0.2, -0.15) is 0 Å². The second-order valence-corrected chi connectivity index (χ2v) is 7.84. The highest BCUT2D eigenvalue weighted by molar-refractivity contribution is 7.11. The fourth-order valence-electron chi connectivity index (χ4n) is 3.49. The molecule has 1 unspecified atom stereocenters. The highest BCUT2D eigenvalue weighted by Gasteiger charge is 2.26. The Hall–Kier alpha value is -1.43. The van der Waals surface area contributed by atoms with Gasteiger partial charge in [0.15, 0.2) is 0 Å². The summed E-state index contributed by atoms with van der Waals surface area (Å²) in [6.07, 6.45) is 7.07. The monoisotopic (exact) mass is 335 g/mol. The minimum atomic E-state index is 0.231. The highest BCUT2D eigenvalue weighted by Crippen LogP contribution is 2.30.